The summed E-state index contributed by atoms with van der Waals surface area (Å²) in [7, 11) is 0.522. The summed E-state index contributed by atoms with van der Waals surface area (Å²) < 4.78 is 15.0. The van der Waals surface area contributed by atoms with Crippen LogP contribution in [0.4, 0.5) is 0 Å². The fourth-order valence-corrected chi connectivity index (χ4v) is 1.06. The number of hydrogen-bond acceptors (Lipinski definition) is 5. The second kappa shape index (κ2) is 13.9. The van der Waals surface area contributed by atoms with Crippen LogP contribution in [-0.4, -0.2) is 20.3 Å². The fraction of sp³-hybridized carbons (Fsp3) is 0.714. The van der Waals surface area contributed by atoms with Crippen molar-refractivity contribution in [1.82, 2.24) is 0 Å². The summed E-state index contributed by atoms with van der Waals surface area (Å²) in [6, 6.07) is 2.47. The fourth-order valence-electron chi connectivity index (χ4n) is 0.353. The average molecular weight is 204 g/mol. The molecule has 0 aromatic carbocycles. The van der Waals surface area contributed by atoms with Gasteiger partial charge in [-0.25, -0.2) is 0 Å². The highest BCUT2D eigenvalue weighted by atomic mass is 31.2. The minimum absolute atomic E-state index is 0.638. The third kappa shape index (κ3) is 14.2. The highest BCUT2D eigenvalue weighted by Crippen LogP contribution is 2.37. The van der Waals surface area contributed by atoms with E-state index in [9.17, 15) is 0 Å². The highest BCUT2D eigenvalue weighted by molar-refractivity contribution is 7.41. The Bertz CT molecular complexity index is 158. The minimum atomic E-state index is -1.06. The van der Waals surface area contributed by atoms with Crippen molar-refractivity contribution in [2.24, 2.45) is 0 Å². The summed E-state index contributed by atoms with van der Waals surface area (Å²) in [5, 5.41) is 14.5. The Morgan fingerprint density at radius 3 is 1.62 bits per heavy atom. The highest BCUT2D eigenvalue weighted by Gasteiger charge is 2.05. The van der Waals surface area contributed by atoms with Gasteiger partial charge >= 0.3 is 8.60 Å². The molecule has 0 N–H and O–H groups in total. The maximum absolute atomic E-state index is 7.26. The van der Waals surface area contributed by atoms with Crippen LogP contribution < -0.4 is 0 Å². The zero-order valence-corrected chi connectivity index (χ0v) is 8.88. The zero-order valence-electron chi connectivity index (χ0n) is 7.98. The molecule has 0 saturated carbocycles. The normalized spacial score (nSPS) is 8.15. The molecule has 74 valence electrons. The topological polar surface area (TPSA) is 75.3 Å². The molecule has 0 rings (SSSR count). The molecule has 0 unspecified atom stereocenters. The Kier molecular flexibility index (Phi) is 15.8. The third-order valence-corrected chi connectivity index (χ3v) is 1.90. The SMILES string of the molecule is CCOP(OC)OCC.N#CC#N. The Morgan fingerprint density at radius 1 is 1.08 bits per heavy atom. The van der Waals surface area contributed by atoms with E-state index in [4.69, 9.17) is 24.1 Å². The Balaban J connectivity index is 0. The standard InChI is InChI=1S/C5H13O3P.C2N2/c1-4-7-9(6-3)8-5-2;3-1-2-4/h4-5H2,1-3H3;. The van der Waals surface area contributed by atoms with Gasteiger partial charge < -0.3 is 13.6 Å². The summed E-state index contributed by atoms with van der Waals surface area (Å²) in [5.74, 6) is 0. The van der Waals surface area contributed by atoms with E-state index in [1.54, 1.807) is 7.11 Å². The predicted molar refractivity (Wildman–Crippen MR) is 48.4 cm³/mol. The van der Waals surface area contributed by atoms with Crippen molar-refractivity contribution >= 4 is 8.60 Å². The largest absolute Gasteiger partial charge is 0.332 e. The molecule has 0 bridgehead atoms. The molecule has 0 radical (unpaired) electrons. The predicted octanol–water partition coefficient (Wildman–Crippen LogP) is 1.97. The summed E-state index contributed by atoms with van der Waals surface area (Å²) in [6.45, 7) is 5.10. The summed E-state index contributed by atoms with van der Waals surface area (Å²) >= 11 is 0. The van der Waals surface area contributed by atoms with Gasteiger partial charge in [0.15, 0.2) is 12.1 Å². The molecule has 0 aromatic rings. The molecular formula is C7H13N2O3P. The lowest BCUT2D eigenvalue weighted by atomic mass is 10.9. The van der Waals surface area contributed by atoms with Crippen molar-refractivity contribution in [3.63, 3.8) is 0 Å². The van der Waals surface area contributed by atoms with Gasteiger partial charge in [0.05, 0.1) is 13.2 Å². The number of hydrogen-bond donors (Lipinski definition) is 0. The van der Waals surface area contributed by atoms with E-state index in [1.165, 1.54) is 12.1 Å². The zero-order chi connectivity index (χ0) is 10.5. The Labute approximate surface area is 79.8 Å². The van der Waals surface area contributed by atoms with Gasteiger partial charge in [-0.1, -0.05) is 0 Å². The maximum Gasteiger partial charge on any atom is 0.332 e. The lowest BCUT2D eigenvalue weighted by Gasteiger charge is -2.10. The van der Waals surface area contributed by atoms with E-state index in [-0.39, 0.29) is 0 Å². The molecule has 0 amide bonds. The van der Waals surface area contributed by atoms with Crippen molar-refractivity contribution in [3.05, 3.63) is 0 Å². The summed E-state index contributed by atoms with van der Waals surface area (Å²) in [4.78, 5) is 0. The molecule has 0 atom stereocenters. The molecule has 0 aliphatic heterocycles. The van der Waals surface area contributed by atoms with Crippen LogP contribution in [0.3, 0.4) is 0 Å². The minimum Gasteiger partial charge on any atom is -0.316 e. The van der Waals surface area contributed by atoms with Crippen molar-refractivity contribution in [2.75, 3.05) is 20.3 Å². The van der Waals surface area contributed by atoms with Gasteiger partial charge in [0, 0.05) is 7.11 Å². The van der Waals surface area contributed by atoms with Crippen molar-refractivity contribution in [1.29, 1.82) is 10.5 Å². The second-order valence-electron chi connectivity index (χ2n) is 1.47. The first-order chi connectivity index (χ1) is 6.26. The van der Waals surface area contributed by atoms with Crippen LogP contribution in [-0.2, 0) is 13.6 Å². The quantitative estimate of drug-likeness (QED) is 0.640. The van der Waals surface area contributed by atoms with Crippen LogP contribution in [0.2, 0.25) is 0 Å². The Morgan fingerprint density at radius 2 is 1.46 bits per heavy atom. The van der Waals surface area contributed by atoms with E-state index in [2.05, 4.69) is 0 Å². The van der Waals surface area contributed by atoms with Gasteiger partial charge in [0.25, 0.3) is 0 Å². The van der Waals surface area contributed by atoms with Crippen molar-refractivity contribution in [2.45, 2.75) is 13.8 Å². The molecule has 0 aliphatic carbocycles. The van der Waals surface area contributed by atoms with Gasteiger partial charge in [-0.05, 0) is 13.8 Å². The smallest absolute Gasteiger partial charge is 0.316 e. The van der Waals surface area contributed by atoms with E-state index in [0.717, 1.165) is 0 Å². The van der Waals surface area contributed by atoms with Crippen LogP contribution in [0, 0.1) is 22.7 Å². The number of rotatable bonds is 5. The van der Waals surface area contributed by atoms with E-state index >= 15 is 0 Å². The molecule has 0 fully saturated rings. The lowest BCUT2D eigenvalue weighted by Crippen LogP contribution is -1.91. The first kappa shape index (κ1) is 14.8. The molecule has 5 nitrogen and oxygen atoms in total. The van der Waals surface area contributed by atoms with Gasteiger partial charge in [0.1, 0.15) is 0 Å². The molecule has 13 heavy (non-hydrogen) atoms. The van der Waals surface area contributed by atoms with Crippen LogP contribution in [0.15, 0.2) is 0 Å². The molecule has 0 spiro atoms. The summed E-state index contributed by atoms with van der Waals surface area (Å²) in [6.07, 6.45) is 0. The van der Waals surface area contributed by atoms with Crippen LogP contribution in [0.1, 0.15) is 13.8 Å². The van der Waals surface area contributed by atoms with E-state index < -0.39 is 8.60 Å². The van der Waals surface area contributed by atoms with Crippen molar-refractivity contribution < 1.29 is 13.6 Å². The molecule has 0 saturated heterocycles. The van der Waals surface area contributed by atoms with Gasteiger partial charge in [-0.3, -0.25) is 0 Å². The van der Waals surface area contributed by atoms with Gasteiger partial charge in [0.2, 0.25) is 0 Å². The first-order valence-electron chi connectivity index (χ1n) is 3.64. The molecule has 6 heteroatoms. The van der Waals surface area contributed by atoms with Crippen LogP contribution >= 0.6 is 8.60 Å². The van der Waals surface area contributed by atoms with Crippen LogP contribution in [0.25, 0.3) is 0 Å². The van der Waals surface area contributed by atoms with E-state index in [0.29, 0.717) is 13.2 Å². The lowest BCUT2D eigenvalue weighted by molar-refractivity contribution is 0.194. The van der Waals surface area contributed by atoms with Crippen LogP contribution in [0.5, 0.6) is 0 Å². The molecule has 0 aromatic heterocycles. The number of nitriles is 2. The molecule has 0 aliphatic rings. The first-order valence-corrected chi connectivity index (χ1v) is 4.74. The summed E-state index contributed by atoms with van der Waals surface area (Å²) in [5.41, 5.74) is 0. The average Bonchev–Trinajstić information content (AvgIpc) is 2.18. The molecule has 0 heterocycles. The third-order valence-electron chi connectivity index (χ3n) is 0.668. The molecular weight excluding hydrogens is 191 g/mol. The second-order valence-corrected chi connectivity index (χ2v) is 2.79. The van der Waals surface area contributed by atoms with Gasteiger partial charge in [-0.2, -0.15) is 10.5 Å². The van der Waals surface area contributed by atoms with Gasteiger partial charge in [-0.15, -0.1) is 0 Å². The van der Waals surface area contributed by atoms with E-state index in [1.807, 2.05) is 13.8 Å². The number of nitrogens with zero attached hydrogens (tertiary/aromatic N) is 2. The van der Waals surface area contributed by atoms with Crippen molar-refractivity contribution in [3.8, 4) is 12.1 Å². The monoisotopic (exact) mass is 204 g/mol. The maximum atomic E-state index is 7.26. The Hall–Kier alpha value is -0.710.